The summed E-state index contributed by atoms with van der Waals surface area (Å²) in [6.07, 6.45) is 1.15. The molecule has 2 aliphatic rings. The standard InChI is InChI=1S/C15H15F8NO2.ClH/c1-2-3-4-7-24-9-6-5-8(11(25)26)12(16,17)10(9)13(18,19)14(20,21)15(24,22)23;/h5-6,10H,2-4,7H2,1H3,(H,25,26);1H. The first kappa shape index (κ1) is 23.5. The van der Waals surface area contributed by atoms with E-state index in [1.54, 1.807) is 6.92 Å². The number of fused-ring (bicyclic) bond motifs is 1. The number of nitrogens with zero attached hydrogens (tertiary/aromatic N) is 1. The lowest BCUT2D eigenvalue weighted by molar-refractivity contribution is -0.393. The number of carbonyl (C=O) groups is 1. The summed E-state index contributed by atoms with van der Waals surface area (Å²) < 4.78 is 113. The zero-order valence-electron chi connectivity index (χ0n) is 13.8. The maximum absolute atomic E-state index is 14.3. The van der Waals surface area contributed by atoms with E-state index >= 15 is 0 Å². The van der Waals surface area contributed by atoms with Crippen LogP contribution < -0.4 is 0 Å². The molecule has 0 aromatic rings. The molecule has 12 heteroatoms. The average molecular weight is 430 g/mol. The molecule has 1 heterocycles. The van der Waals surface area contributed by atoms with Gasteiger partial charge in [-0.25, -0.2) is 13.6 Å². The maximum atomic E-state index is 14.3. The zero-order chi connectivity index (χ0) is 20.1. The van der Waals surface area contributed by atoms with Crippen LogP contribution in [0.15, 0.2) is 23.4 Å². The summed E-state index contributed by atoms with van der Waals surface area (Å²) in [5.41, 5.74) is -3.27. The van der Waals surface area contributed by atoms with Crippen molar-refractivity contribution in [3.05, 3.63) is 23.4 Å². The highest BCUT2D eigenvalue weighted by molar-refractivity contribution is 5.89. The van der Waals surface area contributed by atoms with E-state index < -0.39 is 58.4 Å². The number of hydrogen-bond donors (Lipinski definition) is 1. The second kappa shape index (κ2) is 7.14. The monoisotopic (exact) mass is 429 g/mol. The van der Waals surface area contributed by atoms with Crippen molar-refractivity contribution in [3.8, 4) is 0 Å². The first-order valence-corrected chi connectivity index (χ1v) is 7.69. The third-order valence-electron chi connectivity index (χ3n) is 4.46. The van der Waals surface area contributed by atoms with Crippen LogP contribution in [0.1, 0.15) is 26.2 Å². The summed E-state index contributed by atoms with van der Waals surface area (Å²) in [4.78, 5) is 10.4. The summed E-state index contributed by atoms with van der Waals surface area (Å²) in [5.74, 6) is -23.0. The second-order valence-electron chi connectivity index (χ2n) is 6.13. The molecule has 0 radical (unpaired) electrons. The van der Waals surface area contributed by atoms with E-state index in [0.717, 1.165) is 0 Å². The summed E-state index contributed by atoms with van der Waals surface area (Å²) in [6, 6.07) is -5.42. The van der Waals surface area contributed by atoms with Crippen LogP contribution in [0.5, 0.6) is 0 Å². The van der Waals surface area contributed by atoms with Crippen LogP contribution in [-0.2, 0) is 4.79 Å². The molecule has 156 valence electrons. The number of hydrogen-bond acceptors (Lipinski definition) is 2. The third kappa shape index (κ3) is 3.17. The van der Waals surface area contributed by atoms with Crippen molar-refractivity contribution >= 4 is 18.4 Å². The fourth-order valence-electron chi connectivity index (χ4n) is 3.09. The number of aliphatic carboxylic acids is 1. The lowest BCUT2D eigenvalue weighted by Gasteiger charge is -2.52. The molecule has 0 bridgehead atoms. The Bertz CT molecular complexity index is 662. The van der Waals surface area contributed by atoms with Crippen molar-refractivity contribution in [2.75, 3.05) is 6.54 Å². The van der Waals surface area contributed by atoms with Crippen molar-refractivity contribution in [1.82, 2.24) is 4.90 Å². The van der Waals surface area contributed by atoms with Gasteiger partial charge in [-0.15, -0.1) is 12.4 Å². The summed E-state index contributed by atoms with van der Waals surface area (Å²) >= 11 is 0. The minimum Gasteiger partial charge on any atom is -0.478 e. The Hall–Kier alpha value is -1.52. The van der Waals surface area contributed by atoms with Crippen molar-refractivity contribution < 1.29 is 45.0 Å². The van der Waals surface area contributed by atoms with Gasteiger partial charge in [-0.05, 0) is 18.6 Å². The topological polar surface area (TPSA) is 40.5 Å². The molecular formula is C15H16ClF8NO2. The first-order valence-electron chi connectivity index (χ1n) is 7.69. The molecule has 0 amide bonds. The van der Waals surface area contributed by atoms with Gasteiger partial charge in [0.15, 0.2) is 0 Å². The molecule has 1 unspecified atom stereocenters. The normalized spacial score (nSPS) is 27.0. The average Bonchev–Trinajstić information content (AvgIpc) is 2.48. The van der Waals surface area contributed by atoms with E-state index in [0.29, 0.717) is 12.5 Å². The van der Waals surface area contributed by atoms with Crippen LogP contribution >= 0.6 is 12.4 Å². The number of halogens is 9. The van der Waals surface area contributed by atoms with Gasteiger partial charge in [-0.1, -0.05) is 19.8 Å². The Morgan fingerprint density at radius 3 is 2.11 bits per heavy atom. The van der Waals surface area contributed by atoms with E-state index in [1.165, 1.54) is 0 Å². The highest BCUT2D eigenvalue weighted by Gasteiger charge is 2.84. The van der Waals surface area contributed by atoms with Gasteiger partial charge in [-0.2, -0.15) is 26.3 Å². The molecule has 0 spiro atoms. The lowest BCUT2D eigenvalue weighted by Crippen LogP contribution is -2.72. The minimum atomic E-state index is -6.13. The number of alkyl halides is 8. The molecule has 0 aromatic carbocycles. The Labute approximate surface area is 155 Å². The maximum Gasteiger partial charge on any atom is 0.394 e. The van der Waals surface area contributed by atoms with Crippen molar-refractivity contribution in [1.29, 1.82) is 0 Å². The van der Waals surface area contributed by atoms with Crippen molar-refractivity contribution in [3.63, 3.8) is 0 Å². The van der Waals surface area contributed by atoms with Gasteiger partial charge in [0, 0.05) is 12.2 Å². The molecule has 0 aromatic heterocycles. The molecule has 0 saturated carbocycles. The predicted octanol–water partition coefficient (Wildman–Crippen LogP) is 4.94. The molecule has 3 nitrogen and oxygen atoms in total. The zero-order valence-corrected chi connectivity index (χ0v) is 14.6. The number of carboxylic acids is 1. The molecule has 1 saturated heterocycles. The number of allylic oxidation sites excluding steroid dienone is 3. The molecule has 1 aliphatic carbocycles. The minimum absolute atomic E-state index is 0. The van der Waals surface area contributed by atoms with E-state index in [9.17, 15) is 39.9 Å². The number of rotatable bonds is 5. The van der Waals surface area contributed by atoms with Crippen LogP contribution in [0.2, 0.25) is 0 Å². The number of piperidine rings is 1. The number of likely N-dealkylation sites (tertiary alicyclic amines) is 1. The number of unbranched alkanes of at least 4 members (excludes halogenated alkanes) is 2. The smallest absolute Gasteiger partial charge is 0.394 e. The second-order valence-corrected chi connectivity index (χ2v) is 6.13. The van der Waals surface area contributed by atoms with E-state index in [2.05, 4.69) is 0 Å². The molecule has 1 aliphatic heterocycles. The summed E-state index contributed by atoms with van der Waals surface area (Å²) in [7, 11) is 0. The largest absolute Gasteiger partial charge is 0.478 e. The van der Waals surface area contributed by atoms with Crippen LogP contribution in [0.3, 0.4) is 0 Å². The van der Waals surface area contributed by atoms with Gasteiger partial charge in [0.1, 0.15) is 11.5 Å². The highest BCUT2D eigenvalue weighted by atomic mass is 35.5. The third-order valence-corrected chi connectivity index (χ3v) is 4.46. The SMILES string of the molecule is CCCCCN1C2=CC=C(C(=O)O)C(F)(F)C2C(F)(F)C(F)(F)C1(F)F.Cl. The predicted molar refractivity (Wildman–Crippen MR) is 80.6 cm³/mol. The molecule has 2 rings (SSSR count). The fourth-order valence-corrected chi connectivity index (χ4v) is 3.09. The number of carboxylic acid groups (broad SMARTS) is 1. The van der Waals surface area contributed by atoms with Gasteiger partial charge in [-0.3, -0.25) is 0 Å². The lowest BCUT2D eigenvalue weighted by atomic mass is 9.75. The van der Waals surface area contributed by atoms with Crippen LogP contribution in [0, 0.1) is 5.92 Å². The first-order chi connectivity index (χ1) is 11.7. The van der Waals surface area contributed by atoms with Crippen LogP contribution in [-0.4, -0.2) is 46.3 Å². The van der Waals surface area contributed by atoms with Gasteiger partial charge in [0.05, 0.1) is 0 Å². The van der Waals surface area contributed by atoms with E-state index in [4.69, 9.17) is 5.11 Å². The van der Waals surface area contributed by atoms with Gasteiger partial charge in [0.2, 0.25) is 0 Å². The van der Waals surface area contributed by atoms with Crippen molar-refractivity contribution in [2.45, 2.75) is 50.0 Å². The Balaban J connectivity index is 0.00000364. The van der Waals surface area contributed by atoms with Gasteiger partial charge >= 0.3 is 23.9 Å². The van der Waals surface area contributed by atoms with Crippen LogP contribution in [0.4, 0.5) is 35.1 Å². The van der Waals surface area contributed by atoms with Crippen molar-refractivity contribution in [2.24, 2.45) is 5.92 Å². The van der Waals surface area contributed by atoms with Crippen LogP contribution in [0.25, 0.3) is 0 Å². The molecular weight excluding hydrogens is 414 g/mol. The highest BCUT2D eigenvalue weighted by Crippen LogP contribution is 2.63. The Morgan fingerprint density at radius 2 is 1.63 bits per heavy atom. The fraction of sp³-hybridized carbons (Fsp3) is 0.667. The quantitative estimate of drug-likeness (QED) is 0.382. The summed E-state index contributed by atoms with van der Waals surface area (Å²) in [5, 5.41) is 8.73. The Kier molecular flexibility index (Phi) is 6.22. The molecule has 1 fully saturated rings. The molecule has 1 N–H and O–H groups in total. The molecule has 1 atom stereocenters. The van der Waals surface area contributed by atoms with E-state index in [1.807, 2.05) is 0 Å². The Morgan fingerprint density at radius 1 is 1.07 bits per heavy atom. The van der Waals surface area contributed by atoms with E-state index in [-0.39, 0.29) is 31.3 Å². The summed E-state index contributed by atoms with van der Waals surface area (Å²) in [6.45, 7) is 0.803. The molecule has 27 heavy (non-hydrogen) atoms. The van der Waals surface area contributed by atoms with Gasteiger partial charge in [0.25, 0.3) is 5.92 Å². The van der Waals surface area contributed by atoms with Gasteiger partial charge < -0.3 is 10.0 Å².